The molecule has 1 aliphatic heterocycles. The third-order valence-electron chi connectivity index (χ3n) is 3.29. The highest BCUT2D eigenvalue weighted by molar-refractivity contribution is 6.03. The van der Waals surface area contributed by atoms with Crippen LogP contribution in [0.1, 0.15) is 33.6 Å². The van der Waals surface area contributed by atoms with Crippen LogP contribution in [0.3, 0.4) is 0 Å². The summed E-state index contributed by atoms with van der Waals surface area (Å²) in [6.45, 7) is 4.41. The van der Waals surface area contributed by atoms with Gasteiger partial charge in [0.15, 0.2) is 23.5 Å². The molecule has 0 bridgehead atoms. The molecule has 0 unspecified atom stereocenters. The van der Waals surface area contributed by atoms with Gasteiger partial charge in [0.2, 0.25) is 0 Å². The fourth-order valence-electron chi connectivity index (χ4n) is 1.91. The van der Waals surface area contributed by atoms with Crippen molar-refractivity contribution in [1.29, 1.82) is 0 Å². The number of esters is 2. The van der Waals surface area contributed by atoms with Crippen molar-refractivity contribution in [3.63, 3.8) is 0 Å². The first-order valence-electron chi connectivity index (χ1n) is 7.55. The van der Waals surface area contributed by atoms with Crippen LogP contribution >= 0.6 is 0 Å². The molecule has 130 valence electrons. The van der Waals surface area contributed by atoms with E-state index in [4.69, 9.17) is 9.47 Å². The zero-order valence-electron chi connectivity index (χ0n) is 13.8. The number of ether oxygens (including phenoxy) is 2. The normalized spacial score (nSPS) is 30.5. The average molecular weight is 336 g/mol. The molecule has 0 N–H and O–H groups in total. The molecule has 7 heteroatoms. The van der Waals surface area contributed by atoms with Gasteiger partial charge in [-0.1, -0.05) is 6.92 Å². The maximum Gasteiger partial charge on any atom is 0.331 e. The molecule has 1 heterocycles. The number of allylic oxidation sites excluding steroid dienone is 2. The Labute approximate surface area is 139 Å². The molecule has 1 aliphatic rings. The van der Waals surface area contributed by atoms with Crippen LogP contribution in [0.2, 0.25) is 0 Å². The van der Waals surface area contributed by atoms with Crippen molar-refractivity contribution in [2.45, 2.75) is 45.8 Å². The minimum absolute atomic E-state index is 0.105. The molecule has 0 aromatic carbocycles. The summed E-state index contributed by atoms with van der Waals surface area (Å²) in [7, 11) is 0. The van der Waals surface area contributed by atoms with Crippen molar-refractivity contribution in [2.75, 3.05) is 0 Å². The summed E-state index contributed by atoms with van der Waals surface area (Å²) in [6, 6.07) is 0. The fraction of sp³-hybridized carbons (Fsp3) is 0.471. The number of hydrogen-bond donors (Lipinski definition) is 0. The highest BCUT2D eigenvalue weighted by Crippen LogP contribution is 2.09. The first-order chi connectivity index (χ1) is 11.2. The van der Waals surface area contributed by atoms with Gasteiger partial charge in [0, 0.05) is 18.4 Å². The monoisotopic (exact) mass is 336 g/mol. The van der Waals surface area contributed by atoms with Crippen LogP contribution in [0.25, 0.3) is 0 Å². The molecule has 0 aliphatic carbocycles. The van der Waals surface area contributed by atoms with Crippen molar-refractivity contribution in [3.8, 4) is 0 Å². The van der Waals surface area contributed by atoms with Crippen molar-refractivity contribution < 1.29 is 33.4 Å². The van der Waals surface area contributed by atoms with Gasteiger partial charge < -0.3 is 9.47 Å². The van der Waals surface area contributed by atoms with E-state index in [9.17, 15) is 24.0 Å². The Balaban J connectivity index is 2.95. The molecule has 0 spiro atoms. The van der Waals surface area contributed by atoms with Gasteiger partial charge >= 0.3 is 11.9 Å². The summed E-state index contributed by atoms with van der Waals surface area (Å²) in [5.74, 6) is -3.50. The third kappa shape index (κ3) is 6.68. The van der Waals surface area contributed by atoms with E-state index in [0.29, 0.717) is 0 Å². The first-order valence-corrected chi connectivity index (χ1v) is 7.55. The zero-order chi connectivity index (χ0) is 18.3. The Morgan fingerprint density at radius 3 is 2.08 bits per heavy atom. The van der Waals surface area contributed by atoms with Gasteiger partial charge in [0.25, 0.3) is 0 Å². The lowest BCUT2D eigenvalue weighted by atomic mass is 9.99. The number of cyclic esters (lactones) is 2. The van der Waals surface area contributed by atoms with Crippen LogP contribution in [0.4, 0.5) is 0 Å². The van der Waals surface area contributed by atoms with Crippen molar-refractivity contribution >= 4 is 29.3 Å². The van der Waals surface area contributed by atoms with E-state index in [2.05, 4.69) is 0 Å². The smallest absolute Gasteiger partial charge is 0.331 e. The lowest BCUT2D eigenvalue weighted by Gasteiger charge is -2.14. The van der Waals surface area contributed by atoms with Gasteiger partial charge in [-0.25, -0.2) is 4.79 Å². The van der Waals surface area contributed by atoms with Gasteiger partial charge in [0.05, 0.1) is 6.42 Å². The standard InChI is InChI=1S/C17H20O7/c1-10-8-13(18)4-5-15(20)12(3)24-17(22)9-11(2)23-16(21)7-6-14(10)19/h4-7,10-12H,8-9H2,1-3H3/b5-4+,7-6+/t10-,11+,12-/m0/s1. The second kappa shape index (κ2) is 8.90. The van der Waals surface area contributed by atoms with Crippen LogP contribution in [0.15, 0.2) is 24.3 Å². The van der Waals surface area contributed by atoms with Crippen LogP contribution in [-0.2, 0) is 33.4 Å². The van der Waals surface area contributed by atoms with E-state index < -0.39 is 47.4 Å². The fourth-order valence-corrected chi connectivity index (χ4v) is 1.91. The van der Waals surface area contributed by atoms with Crippen molar-refractivity contribution in [2.24, 2.45) is 5.92 Å². The maximum atomic E-state index is 11.8. The highest BCUT2D eigenvalue weighted by Gasteiger charge is 2.20. The highest BCUT2D eigenvalue weighted by atomic mass is 16.6. The summed E-state index contributed by atoms with van der Waals surface area (Å²) in [5.41, 5.74) is 0. The Morgan fingerprint density at radius 2 is 1.42 bits per heavy atom. The van der Waals surface area contributed by atoms with Crippen LogP contribution in [0, 0.1) is 5.92 Å². The number of carbonyl (C=O) groups excluding carboxylic acids is 5. The molecule has 7 nitrogen and oxygen atoms in total. The molecule has 0 saturated carbocycles. The number of hydrogen-bond acceptors (Lipinski definition) is 7. The maximum absolute atomic E-state index is 11.8. The Kier molecular flexibility index (Phi) is 7.23. The van der Waals surface area contributed by atoms with E-state index in [-0.39, 0.29) is 12.8 Å². The molecule has 0 aromatic heterocycles. The third-order valence-corrected chi connectivity index (χ3v) is 3.29. The summed E-state index contributed by atoms with van der Waals surface area (Å²) in [6.07, 6.45) is 1.92. The Bertz CT molecular complexity index is 600. The SMILES string of the molecule is C[C@@H]1CC(=O)O[C@@H](C)C(=O)/C=C/C(=O)C[C@H](C)C(=O)/C=C/C(=O)O1. The van der Waals surface area contributed by atoms with Gasteiger partial charge in [0.1, 0.15) is 6.10 Å². The summed E-state index contributed by atoms with van der Waals surface area (Å²) < 4.78 is 9.87. The molecule has 0 radical (unpaired) electrons. The topological polar surface area (TPSA) is 104 Å². The minimum Gasteiger partial charge on any atom is -0.459 e. The minimum atomic E-state index is -1.06. The number of rotatable bonds is 0. The quantitative estimate of drug-likeness (QED) is 0.610. The Hall–Kier alpha value is -2.57. The van der Waals surface area contributed by atoms with Crippen LogP contribution < -0.4 is 0 Å². The molecule has 24 heavy (non-hydrogen) atoms. The van der Waals surface area contributed by atoms with E-state index in [1.165, 1.54) is 13.8 Å². The second-order valence-electron chi connectivity index (χ2n) is 5.63. The van der Waals surface area contributed by atoms with Gasteiger partial charge in [-0.05, 0) is 32.1 Å². The summed E-state index contributed by atoms with van der Waals surface area (Å²) >= 11 is 0. The van der Waals surface area contributed by atoms with Crippen molar-refractivity contribution in [1.82, 2.24) is 0 Å². The largest absolute Gasteiger partial charge is 0.459 e. The molecular formula is C17H20O7. The van der Waals surface area contributed by atoms with Gasteiger partial charge in [-0.3, -0.25) is 19.2 Å². The second-order valence-corrected chi connectivity index (χ2v) is 5.63. The van der Waals surface area contributed by atoms with Crippen molar-refractivity contribution in [3.05, 3.63) is 24.3 Å². The molecule has 0 saturated heterocycles. The lowest BCUT2D eigenvalue weighted by Crippen LogP contribution is -2.26. The zero-order valence-corrected chi connectivity index (χ0v) is 13.8. The predicted octanol–water partition coefficient (Wildman–Crippen LogP) is 1.10. The van der Waals surface area contributed by atoms with Crippen LogP contribution in [0.5, 0.6) is 0 Å². The molecule has 0 aromatic rings. The van der Waals surface area contributed by atoms with E-state index in [0.717, 1.165) is 24.3 Å². The summed E-state index contributed by atoms with van der Waals surface area (Å²) in [5, 5.41) is 0. The van der Waals surface area contributed by atoms with Crippen LogP contribution in [-0.4, -0.2) is 41.5 Å². The lowest BCUT2D eigenvalue weighted by molar-refractivity contribution is -0.157. The molecule has 0 fully saturated rings. The molecule has 1 rings (SSSR count). The van der Waals surface area contributed by atoms with Gasteiger partial charge in [-0.15, -0.1) is 0 Å². The average Bonchev–Trinajstić information content (AvgIpc) is 2.48. The summed E-state index contributed by atoms with van der Waals surface area (Å²) in [4.78, 5) is 58.6. The molecule has 3 atom stereocenters. The number of ketones is 3. The Morgan fingerprint density at radius 1 is 0.792 bits per heavy atom. The molecular weight excluding hydrogens is 316 g/mol. The van der Waals surface area contributed by atoms with E-state index in [1.807, 2.05) is 0 Å². The number of carbonyl (C=O) groups is 5. The molecule has 0 amide bonds. The predicted molar refractivity (Wildman–Crippen MR) is 82.8 cm³/mol. The van der Waals surface area contributed by atoms with Gasteiger partial charge in [-0.2, -0.15) is 0 Å². The van der Waals surface area contributed by atoms with E-state index >= 15 is 0 Å². The van der Waals surface area contributed by atoms with E-state index in [1.54, 1.807) is 6.92 Å². The first kappa shape index (κ1) is 19.5.